The van der Waals surface area contributed by atoms with Gasteiger partial charge in [0, 0.05) is 13.1 Å². The zero-order chi connectivity index (χ0) is 60.2. The minimum atomic E-state index is -4.66. The molecule has 28 nitrogen and oxygen atoms in total. The summed E-state index contributed by atoms with van der Waals surface area (Å²) in [5.74, 6) is -3.32. The van der Waals surface area contributed by atoms with Gasteiger partial charge < -0.3 is 62.5 Å². The maximum atomic E-state index is 14.8. The van der Waals surface area contributed by atoms with Crippen molar-refractivity contribution in [3.05, 3.63) is 146 Å². The average molecular weight is 1200 g/mol. The predicted molar refractivity (Wildman–Crippen MR) is 306 cm³/mol. The summed E-state index contributed by atoms with van der Waals surface area (Å²) in [5, 5.41) is 101. The molecule has 0 amide bonds. The van der Waals surface area contributed by atoms with E-state index in [0.29, 0.717) is 10.8 Å². The molecule has 0 radical (unpaired) electrons. The Morgan fingerprint density at radius 3 is 1.21 bits per heavy atom. The lowest BCUT2D eigenvalue weighted by Crippen LogP contribution is -2.14. The summed E-state index contributed by atoms with van der Waals surface area (Å²) in [4.78, 5) is 22.0. The number of aromatic nitrogens is 6. The fourth-order valence-electron chi connectivity index (χ4n) is 8.27. The second-order valence-electron chi connectivity index (χ2n) is 17.9. The molecule has 0 saturated carbocycles. The number of fused-ring (bicyclic) bond motifs is 2. The fourth-order valence-corrected chi connectivity index (χ4v) is 9.28. The number of rotatable bonds is 20. The normalized spacial score (nSPS) is 11.8. The summed E-state index contributed by atoms with van der Waals surface area (Å²) in [7, 11) is -9.32. The highest BCUT2D eigenvalue weighted by atomic mass is 32.2. The van der Waals surface area contributed by atoms with Gasteiger partial charge in [0.15, 0.2) is 11.5 Å². The lowest BCUT2D eigenvalue weighted by molar-refractivity contribution is 0.473. The Kier molecular flexibility index (Phi) is 15.9. The van der Waals surface area contributed by atoms with Crippen LogP contribution in [-0.4, -0.2) is 99.6 Å². The molecule has 8 aromatic carbocycles. The van der Waals surface area contributed by atoms with Crippen LogP contribution in [0.4, 0.5) is 89.4 Å². The number of azo groups is 2. The molecule has 10 aromatic rings. The van der Waals surface area contributed by atoms with E-state index >= 15 is 0 Å². The Balaban J connectivity index is 0.786. The SMILES string of the molecule is O=S(=O)(O)c1ccc(O)c(Nc2ccc3cccc(O)c3c2N=Nc2cccc(Nc3nc(F)nc(NCCCNc4nc(F)nc(Nc5cccc(N=Nc6c(Nc7cc(S(=O)(=O)O)ccc7O)ccc7cccc(O)c67)c5O)n4)n3)c2O)c1. The first-order chi connectivity index (χ1) is 40.6. The maximum absolute atomic E-state index is 14.8. The fraction of sp³-hybridized carbons (Fsp3) is 0.0566. The maximum Gasteiger partial charge on any atom is 0.315 e. The number of hydrogen-bond acceptors (Lipinski definition) is 26. The molecule has 0 spiro atoms. The van der Waals surface area contributed by atoms with E-state index in [1.165, 1.54) is 60.7 Å². The minimum Gasteiger partial charge on any atom is -0.507 e. The van der Waals surface area contributed by atoms with Crippen molar-refractivity contribution in [2.75, 3.05) is 45.0 Å². The molecule has 0 bridgehead atoms. The van der Waals surface area contributed by atoms with E-state index in [1.807, 2.05) is 0 Å². The predicted octanol–water partition coefficient (Wildman–Crippen LogP) is 11.1. The minimum absolute atomic E-state index is 0.00783. The van der Waals surface area contributed by atoms with E-state index in [0.717, 1.165) is 36.4 Å². The van der Waals surface area contributed by atoms with E-state index < -0.39 is 65.2 Å². The third-order valence-electron chi connectivity index (χ3n) is 12.2. The van der Waals surface area contributed by atoms with Gasteiger partial charge in [-0.3, -0.25) is 9.11 Å². The van der Waals surface area contributed by atoms with Crippen molar-refractivity contribution in [1.29, 1.82) is 0 Å². The van der Waals surface area contributed by atoms with Gasteiger partial charge in [0.25, 0.3) is 20.2 Å². The standard InChI is InChI=1S/C53H42F2N16O12S2/c54-48-62-50(66-52(64-48)60-32-8-3-10-34(46(32)76)68-70-44-30(18-14-26-6-1-12-40(74)42(26)44)58-36-24-28(84(78,79)80)16-20-38(36)72)56-22-5-23-57-51-63-49(55)65-53(67-51)61-33-9-4-11-35(47(33)77)69-71-45-31(19-15-27-7-2-13-41(75)43(27)45)59-37-25-29(85(81,82)83)17-21-39(37)73/h1-4,6-21,24-25,58-59,72-77H,5,22-23H2,(H,78,79,80)(H,81,82,83)(H2,56,60,62,64,66)(H2,57,61,63,65,67). The number of hydrogen-bond donors (Lipinski definition) is 14. The topological polar surface area (TPSA) is 429 Å². The zero-order valence-electron chi connectivity index (χ0n) is 43.1. The molecule has 0 saturated heterocycles. The first-order valence-corrected chi connectivity index (χ1v) is 27.5. The van der Waals surface area contributed by atoms with Gasteiger partial charge in [-0.2, -0.15) is 55.5 Å². The van der Waals surface area contributed by atoms with Crippen molar-refractivity contribution in [3.63, 3.8) is 0 Å². The van der Waals surface area contributed by atoms with Crippen molar-refractivity contribution < 1.29 is 65.4 Å². The molecule has 2 heterocycles. The second-order valence-corrected chi connectivity index (χ2v) is 20.8. The highest BCUT2D eigenvalue weighted by molar-refractivity contribution is 7.86. The van der Waals surface area contributed by atoms with E-state index in [-0.39, 0.29) is 122 Å². The van der Waals surface area contributed by atoms with Crippen LogP contribution in [-0.2, 0) is 20.2 Å². The first-order valence-electron chi connectivity index (χ1n) is 24.6. The summed E-state index contributed by atoms with van der Waals surface area (Å²) < 4.78 is 96.2. The van der Waals surface area contributed by atoms with Crippen molar-refractivity contribution in [2.45, 2.75) is 16.2 Å². The Bertz CT molecular complexity index is 4290. The van der Waals surface area contributed by atoms with Crippen LogP contribution in [0.2, 0.25) is 0 Å². The van der Waals surface area contributed by atoms with Gasteiger partial charge >= 0.3 is 12.2 Å². The van der Waals surface area contributed by atoms with Crippen molar-refractivity contribution in [3.8, 4) is 34.5 Å². The Hall–Kier alpha value is -11.2. The van der Waals surface area contributed by atoms with Crippen LogP contribution in [0.25, 0.3) is 21.5 Å². The molecular weight excluding hydrogens is 1150 g/mol. The molecule has 432 valence electrons. The molecule has 85 heavy (non-hydrogen) atoms. The smallest absolute Gasteiger partial charge is 0.315 e. The third kappa shape index (κ3) is 13.1. The van der Waals surface area contributed by atoms with Crippen LogP contribution < -0.4 is 31.9 Å². The largest absolute Gasteiger partial charge is 0.507 e. The highest BCUT2D eigenvalue weighted by Crippen LogP contribution is 2.46. The Morgan fingerprint density at radius 1 is 0.400 bits per heavy atom. The van der Waals surface area contributed by atoms with Crippen LogP contribution >= 0.6 is 0 Å². The first kappa shape index (κ1) is 57.0. The molecule has 10 rings (SSSR count). The summed E-state index contributed by atoms with van der Waals surface area (Å²) in [5.41, 5.74) is -0.434. The van der Waals surface area contributed by atoms with Gasteiger partial charge in [-0.1, -0.05) is 48.5 Å². The monoisotopic (exact) mass is 1200 g/mol. The molecule has 2 aromatic heterocycles. The van der Waals surface area contributed by atoms with Gasteiger partial charge in [-0.25, -0.2) is 0 Å². The van der Waals surface area contributed by atoms with Gasteiger partial charge in [0.2, 0.25) is 23.8 Å². The molecule has 0 aliphatic carbocycles. The van der Waals surface area contributed by atoms with Gasteiger partial charge in [-0.15, -0.1) is 20.5 Å². The number of nitrogens with one attached hydrogen (secondary N) is 6. The summed E-state index contributed by atoms with van der Waals surface area (Å²) in [6.45, 7) is 0.216. The van der Waals surface area contributed by atoms with Gasteiger partial charge in [0.1, 0.15) is 45.7 Å². The highest BCUT2D eigenvalue weighted by Gasteiger charge is 2.21. The van der Waals surface area contributed by atoms with Crippen LogP contribution in [0, 0.1) is 12.2 Å². The molecular formula is C53H42F2N16O12S2. The summed E-state index contributed by atoms with van der Waals surface area (Å²) >= 11 is 0. The van der Waals surface area contributed by atoms with Crippen LogP contribution in [0.1, 0.15) is 6.42 Å². The summed E-state index contributed by atoms with van der Waals surface area (Å²) in [6.07, 6.45) is -2.13. The lowest BCUT2D eigenvalue weighted by Gasteiger charge is -2.14. The van der Waals surface area contributed by atoms with E-state index in [9.17, 15) is 65.4 Å². The number of phenols is 6. The van der Waals surface area contributed by atoms with Gasteiger partial charge in [0.05, 0.1) is 54.7 Å². The summed E-state index contributed by atoms with van der Waals surface area (Å²) in [6, 6.07) is 30.2. The van der Waals surface area contributed by atoms with E-state index in [4.69, 9.17) is 0 Å². The van der Waals surface area contributed by atoms with Crippen molar-refractivity contribution in [1.82, 2.24) is 29.9 Å². The molecule has 0 atom stereocenters. The van der Waals surface area contributed by atoms with Crippen molar-refractivity contribution in [2.24, 2.45) is 20.5 Å². The zero-order valence-corrected chi connectivity index (χ0v) is 44.7. The Morgan fingerprint density at radius 2 is 0.800 bits per heavy atom. The van der Waals surface area contributed by atoms with Crippen LogP contribution in [0.5, 0.6) is 34.5 Å². The van der Waals surface area contributed by atoms with Crippen LogP contribution in [0.15, 0.2) is 164 Å². The molecule has 32 heteroatoms. The number of benzene rings is 8. The third-order valence-corrected chi connectivity index (χ3v) is 13.9. The number of para-hydroxylation sites is 2. The molecule has 0 unspecified atom stereocenters. The molecule has 0 fully saturated rings. The van der Waals surface area contributed by atoms with Crippen LogP contribution in [0.3, 0.4) is 0 Å². The number of halogens is 2. The number of phenolic OH excluding ortho intramolecular Hbond substituents is 6. The Labute approximate surface area is 477 Å². The van der Waals surface area contributed by atoms with E-state index in [2.05, 4.69) is 82.3 Å². The lowest BCUT2D eigenvalue weighted by atomic mass is 10.1. The average Bonchev–Trinajstić information content (AvgIpc) is 3.48. The second kappa shape index (κ2) is 23.7. The number of anilines is 10. The molecule has 14 N–H and O–H groups in total. The molecule has 0 aliphatic heterocycles. The molecule has 0 aliphatic rings. The van der Waals surface area contributed by atoms with Gasteiger partial charge in [-0.05, 0) is 102 Å². The van der Waals surface area contributed by atoms with Crippen molar-refractivity contribution >= 4 is 122 Å². The quantitative estimate of drug-likeness (QED) is 0.0146. The number of aromatic hydroxyl groups is 6. The number of nitrogens with zero attached hydrogens (tertiary/aromatic N) is 10. The van der Waals surface area contributed by atoms with E-state index in [1.54, 1.807) is 36.4 Å².